The van der Waals surface area contributed by atoms with Crippen LogP contribution >= 0.6 is 0 Å². The summed E-state index contributed by atoms with van der Waals surface area (Å²) in [4.78, 5) is 21.2. The molecule has 0 bridgehead atoms. The molecule has 1 aliphatic heterocycles. The Kier molecular flexibility index (Phi) is 4.43. The van der Waals surface area contributed by atoms with E-state index in [0.717, 1.165) is 17.8 Å². The van der Waals surface area contributed by atoms with Gasteiger partial charge in [-0.05, 0) is 44.9 Å². The fourth-order valence-electron chi connectivity index (χ4n) is 3.18. The molecule has 0 aromatic carbocycles. The van der Waals surface area contributed by atoms with E-state index in [0.29, 0.717) is 23.9 Å². The normalized spacial score (nSPS) is 22.6. The number of aromatic nitrogens is 3. The van der Waals surface area contributed by atoms with Crippen LogP contribution in [0.3, 0.4) is 0 Å². The van der Waals surface area contributed by atoms with Gasteiger partial charge >= 0.3 is 0 Å². The van der Waals surface area contributed by atoms with E-state index in [2.05, 4.69) is 15.3 Å². The summed E-state index contributed by atoms with van der Waals surface area (Å²) in [6, 6.07) is 1.76. The van der Waals surface area contributed by atoms with Crippen molar-refractivity contribution < 1.29 is 10.2 Å². The van der Waals surface area contributed by atoms with Gasteiger partial charge in [0.05, 0.1) is 30.6 Å². The highest BCUT2D eigenvalue weighted by Crippen LogP contribution is 2.14. The number of hydrogen-bond acceptors (Lipinski definition) is 6. The highest BCUT2D eigenvalue weighted by Gasteiger charge is 2.27. The highest BCUT2D eigenvalue weighted by molar-refractivity contribution is 5.76. The summed E-state index contributed by atoms with van der Waals surface area (Å²) < 4.78 is 1.39. The lowest BCUT2D eigenvalue weighted by Gasteiger charge is -2.19. The number of nitrogens with zero attached hydrogens (tertiary/aromatic N) is 3. The van der Waals surface area contributed by atoms with Crippen molar-refractivity contribution in [1.29, 1.82) is 0 Å². The first kappa shape index (κ1) is 16.0. The van der Waals surface area contributed by atoms with Crippen molar-refractivity contribution in [2.45, 2.75) is 51.5 Å². The molecule has 2 aromatic rings. The molecule has 3 heterocycles. The SMILES string of the molecule is Cc1cc(C)c2ncn(C[C@@H](O)C[C@H]3NCC[C@@H]3O)c(=O)c2n1. The molecule has 124 valence electrons. The van der Waals surface area contributed by atoms with Gasteiger partial charge in [0, 0.05) is 11.7 Å². The molecule has 3 atom stereocenters. The largest absolute Gasteiger partial charge is 0.391 e. The van der Waals surface area contributed by atoms with Crippen molar-refractivity contribution in [3.05, 3.63) is 34.0 Å². The zero-order valence-corrected chi connectivity index (χ0v) is 13.4. The molecule has 0 aliphatic carbocycles. The second-order valence-electron chi connectivity index (χ2n) is 6.29. The number of hydrogen-bond donors (Lipinski definition) is 3. The third kappa shape index (κ3) is 3.26. The van der Waals surface area contributed by atoms with Gasteiger partial charge < -0.3 is 15.5 Å². The van der Waals surface area contributed by atoms with E-state index in [4.69, 9.17) is 0 Å². The Balaban J connectivity index is 1.83. The van der Waals surface area contributed by atoms with Crippen molar-refractivity contribution in [3.63, 3.8) is 0 Å². The van der Waals surface area contributed by atoms with E-state index in [1.54, 1.807) is 0 Å². The Morgan fingerprint density at radius 1 is 1.43 bits per heavy atom. The molecule has 2 aromatic heterocycles. The molecule has 1 saturated heterocycles. The van der Waals surface area contributed by atoms with Gasteiger partial charge in [0.1, 0.15) is 0 Å². The number of aliphatic hydroxyl groups excluding tert-OH is 2. The fourth-order valence-corrected chi connectivity index (χ4v) is 3.18. The van der Waals surface area contributed by atoms with Crippen molar-refractivity contribution in [1.82, 2.24) is 19.9 Å². The van der Waals surface area contributed by atoms with Crippen molar-refractivity contribution >= 4 is 11.0 Å². The average Bonchev–Trinajstić information content (AvgIpc) is 2.88. The van der Waals surface area contributed by atoms with Crippen molar-refractivity contribution in [2.24, 2.45) is 0 Å². The third-order valence-corrected chi connectivity index (χ3v) is 4.35. The fraction of sp³-hybridized carbons (Fsp3) is 0.562. The maximum atomic E-state index is 12.6. The van der Waals surface area contributed by atoms with E-state index >= 15 is 0 Å². The molecule has 0 saturated carbocycles. The van der Waals surface area contributed by atoms with E-state index in [1.807, 2.05) is 19.9 Å². The van der Waals surface area contributed by atoms with Crippen molar-refractivity contribution in [2.75, 3.05) is 6.54 Å². The van der Waals surface area contributed by atoms with Crippen LogP contribution < -0.4 is 10.9 Å². The first-order valence-electron chi connectivity index (χ1n) is 7.88. The molecule has 7 heteroatoms. The molecule has 0 unspecified atom stereocenters. The van der Waals surface area contributed by atoms with E-state index in [-0.39, 0.29) is 18.1 Å². The Hall–Kier alpha value is -1.83. The van der Waals surface area contributed by atoms with Crippen LogP contribution in [0.5, 0.6) is 0 Å². The van der Waals surface area contributed by atoms with Crippen LogP contribution in [0.4, 0.5) is 0 Å². The van der Waals surface area contributed by atoms with Crippen LogP contribution in [-0.4, -0.2) is 49.5 Å². The number of fused-ring (bicyclic) bond motifs is 1. The zero-order chi connectivity index (χ0) is 16.6. The van der Waals surface area contributed by atoms with Gasteiger partial charge in [0.15, 0.2) is 5.52 Å². The summed E-state index contributed by atoms with van der Waals surface area (Å²) in [7, 11) is 0. The van der Waals surface area contributed by atoms with Gasteiger partial charge in [0.2, 0.25) is 0 Å². The summed E-state index contributed by atoms with van der Waals surface area (Å²) in [5.74, 6) is 0. The molecular formula is C16H22N4O3. The Morgan fingerprint density at radius 3 is 2.91 bits per heavy atom. The minimum atomic E-state index is -0.733. The number of pyridine rings is 1. The third-order valence-electron chi connectivity index (χ3n) is 4.35. The smallest absolute Gasteiger partial charge is 0.279 e. The Bertz CT molecular complexity index is 774. The molecule has 0 amide bonds. The maximum Gasteiger partial charge on any atom is 0.279 e. The molecule has 1 aliphatic rings. The summed E-state index contributed by atoms with van der Waals surface area (Å²) >= 11 is 0. The van der Waals surface area contributed by atoms with Crippen LogP contribution in [0.25, 0.3) is 11.0 Å². The van der Waals surface area contributed by atoms with E-state index in [1.165, 1.54) is 10.9 Å². The van der Waals surface area contributed by atoms with Gasteiger partial charge in [-0.3, -0.25) is 9.36 Å². The van der Waals surface area contributed by atoms with E-state index < -0.39 is 12.2 Å². The zero-order valence-electron chi connectivity index (χ0n) is 13.4. The van der Waals surface area contributed by atoms with Crippen molar-refractivity contribution in [3.8, 4) is 0 Å². The lowest BCUT2D eigenvalue weighted by atomic mass is 10.1. The summed E-state index contributed by atoms with van der Waals surface area (Å²) in [6.07, 6.45) is 1.37. The lowest BCUT2D eigenvalue weighted by Crippen LogP contribution is -2.37. The number of rotatable bonds is 4. The van der Waals surface area contributed by atoms with E-state index in [9.17, 15) is 15.0 Å². The number of aliphatic hydroxyl groups is 2. The van der Waals surface area contributed by atoms with Gasteiger partial charge in [-0.1, -0.05) is 0 Å². The quantitative estimate of drug-likeness (QED) is 0.727. The number of aryl methyl sites for hydroxylation is 2. The lowest BCUT2D eigenvalue weighted by molar-refractivity contribution is 0.0926. The highest BCUT2D eigenvalue weighted by atomic mass is 16.3. The second-order valence-corrected chi connectivity index (χ2v) is 6.29. The van der Waals surface area contributed by atoms with Crippen LogP contribution in [0.2, 0.25) is 0 Å². The average molecular weight is 318 g/mol. The predicted octanol–water partition coefficient (Wildman–Crippen LogP) is -0.118. The van der Waals surface area contributed by atoms with Crippen LogP contribution in [0.15, 0.2) is 17.2 Å². The van der Waals surface area contributed by atoms with Gasteiger partial charge in [-0.25, -0.2) is 9.97 Å². The monoisotopic (exact) mass is 318 g/mol. The number of nitrogens with one attached hydrogen (secondary N) is 1. The molecule has 3 N–H and O–H groups in total. The van der Waals surface area contributed by atoms with Gasteiger partial charge in [-0.2, -0.15) is 0 Å². The molecule has 7 nitrogen and oxygen atoms in total. The Morgan fingerprint density at radius 2 is 2.22 bits per heavy atom. The first-order chi connectivity index (χ1) is 11.0. The van der Waals surface area contributed by atoms with Crippen LogP contribution in [0, 0.1) is 13.8 Å². The van der Waals surface area contributed by atoms with Crippen LogP contribution in [-0.2, 0) is 6.54 Å². The molecule has 0 radical (unpaired) electrons. The van der Waals surface area contributed by atoms with Crippen LogP contribution in [0.1, 0.15) is 24.1 Å². The second kappa shape index (κ2) is 6.35. The minimum absolute atomic E-state index is 0.128. The first-order valence-corrected chi connectivity index (χ1v) is 7.88. The molecule has 3 rings (SSSR count). The molecule has 0 spiro atoms. The Labute approximate surface area is 134 Å². The summed E-state index contributed by atoms with van der Waals surface area (Å²) in [5, 5.41) is 23.2. The standard InChI is InChI=1S/C16H22N4O3/c1-9-5-10(2)19-15-14(9)18-8-20(16(15)23)7-11(21)6-12-13(22)3-4-17-12/h5,8,11-13,17,21-22H,3-4,6-7H2,1-2H3/t11-,12+,13-/m0/s1. The molecule has 23 heavy (non-hydrogen) atoms. The molecular weight excluding hydrogens is 296 g/mol. The maximum absolute atomic E-state index is 12.6. The summed E-state index contributed by atoms with van der Waals surface area (Å²) in [5.41, 5.74) is 2.36. The molecule has 1 fully saturated rings. The van der Waals surface area contributed by atoms with Gasteiger partial charge in [0.25, 0.3) is 5.56 Å². The summed E-state index contributed by atoms with van der Waals surface area (Å²) in [6.45, 7) is 4.63. The minimum Gasteiger partial charge on any atom is -0.391 e. The van der Waals surface area contributed by atoms with Gasteiger partial charge in [-0.15, -0.1) is 0 Å². The topological polar surface area (TPSA) is 100 Å². The predicted molar refractivity (Wildman–Crippen MR) is 86.3 cm³/mol.